The molecule has 1 aliphatic heterocycles. The molecule has 3 fully saturated rings. The maximum atomic E-state index is 4.42. The molecular weight excluding hydrogens is 312 g/mol. The van der Waals surface area contributed by atoms with E-state index in [-0.39, 0.29) is 0 Å². The molecular formula is C19H24N6. The maximum absolute atomic E-state index is 4.42. The van der Waals surface area contributed by atoms with Crippen molar-refractivity contribution in [3.05, 3.63) is 35.9 Å². The van der Waals surface area contributed by atoms with Crippen molar-refractivity contribution < 1.29 is 0 Å². The van der Waals surface area contributed by atoms with Crippen LogP contribution in [0, 0.1) is 5.92 Å². The van der Waals surface area contributed by atoms with Gasteiger partial charge in [0.05, 0.1) is 5.69 Å². The second-order valence-electron chi connectivity index (χ2n) is 7.70. The lowest BCUT2D eigenvalue weighted by molar-refractivity contribution is 0.410. The van der Waals surface area contributed by atoms with Gasteiger partial charge in [-0.3, -0.25) is 0 Å². The average Bonchev–Trinajstić information content (AvgIpc) is 3.38. The van der Waals surface area contributed by atoms with E-state index in [0.717, 1.165) is 37.0 Å². The number of aromatic nitrogens is 4. The van der Waals surface area contributed by atoms with Crippen LogP contribution in [0.15, 0.2) is 24.5 Å². The van der Waals surface area contributed by atoms with Gasteiger partial charge in [-0.2, -0.15) is 5.10 Å². The summed E-state index contributed by atoms with van der Waals surface area (Å²) in [4.78, 5) is 11.1. The summed E-state index contributed by atoms with van der Waals surface area (Å²) in [5, 5.41) is 12.3. The van der Waals surface area contributed by atoms with Crippen molar-refractivity contribution in [2.24, 2.45) is 5.92 Å². The first-order valence-corrected chi connectivity index (χ1v) is 9.49. The van der Waals surface area contributed by atoms with Crippen molar-refractivity contribution >= 4 is 11.6 Å². The molecule has 130 valence electrons. The van der Waals surface area contributed by atoms with Crippen LogP contribution in [0.1, 0.15) is 55.3 Å². The van der Waals surface area contributed by atoms with Gasteiger partial charge in [-0.1, -0.05) is 6.42 Å². The van der Waals surface area contributed by atoms with E-state index in [1.165, 1.54) is 37.8 Å². The lowest BCUT2D eigenvalue weighted by Gasteiger charge is -2.40. The van der Waals surface area contributed by atoms with Gasteiger partial charge in [0, 0.05) is 49.1 Å². The van der Waals surface area contributed by atoms with Crippen molar-refractivity contribution in [2.75, 3.05) is 29.9 Å². The number of anilines is 2. The Morgan fingerprint density at radius 2 is 1.80 bits per heavy atom. The number of nitrogens with zero attached hydrogens (tertiary/aromatic N) is 5. The molecule has 0 amide bonds. The Labute approximate surface area is 148 Å². The molecule has 2 aliphatic carbocycles. The van der Waals surface area contributed by atoms with Gasteiger partial charge in [0.15, 0.2) is 5.82 Å². The zero-order valence-corrected chi connectivity index (χ0v) is 14.4. The normalized spacial score (nSPS) is 20.9. The molecule has 0 aromatic carbocycles. The highest BCUT2D eigenvalue weighted by Gasteiger charge is 2.29. The fourth-order valence-electron chi connectivity index (χ4n) is 3.63. The molecule has 2 aromatic heterocycles. The van der Waals surface area contributed by atoms with E-state index < -0.39 is 0 Å². The van der Waals surface area contributed by atoms with Gasteiger partial charge in [0.25, 0.3) is 0 Å². The molecule has 0 spiro atoms. The molecule has 1 N–H and O–H groups in total. The lowest BCUT2D eigenvalue weighted by atomic mass is 9.83. The Morgan fingerprint density at radius 3 is 2.48 bits per heavy atom. The fourth-order valence-corrected chi connectivity index (χ4v) is 3.63. The van der Waals surface area contributed by atoms with E-state index >= 15 is 0 Å². The molecule has 0 bridgehead atoms. The van der Waals surface area contributed by atoms with Crippen molar-refractivity contribution in [3.8, 4) is 0 Å². The van der Waals surface area contributed by atoms with Crippen LogP contribution in [-0.2, 0) is 0 Å². The van der Waals surface area contributed by atoms with Crippen LogP contribution < -0.4 is 10.2 Å². The van der Waals surface area contributed by atoms with Crippen LogP contribution in [0.2, 0.25) is 0 Å². The summed E-state index contributed by atoms with van der Waals surface area (Å²) in [7, 11) is 0. The van der Waals surface area contributed by atoms with E-state index in [9.17, 15) is 0 Å². The second kappa shape index (κ2) is 6.24. The van der Waals surface area contributed by atoms with Crippen molar-refractivity contribution in [2.45, 2.75) is 43.9 Å². The predicted molar refractivity (Wildman–Crippen MR) is 96.8 cm³/mol. The van der Waals surface area contributed by atoms with E-state index in [1.54, 1.807) is 6.33 Å². The van der Waals surface area contributed by atoms with E-state index in [0.29, 0.717) is 17.8 Å². The zero-order valence-electron chi connectivity index (χ0n) is 14.4. The Bertz CT molecular complexity index is 732. The van der Waals surface area contributed by atoms with Crippen LogP contribution in [0.3, 0.4) is 0 Å². The molecule has 0 atom stereocenters. The molecule has 6 nitrogen and oxygen atoms in total. The summed E-state index contributed by atoms with van der Waals surface area (Å²) >= 11 is 0. The molecule has 25 heavy (non-hydrogen) atoms. The summed E-state index contributed by atoms with van der Waals surface area (Å²) < 4.78 is 0. The minimum Gasteiger partial charge on any atom is -0.370 e. The third-order valence-corrected chi connectivity index (χ3v) is 5.73. The zero-order chi connectivity index (χ0) is 16.6. The highest BCUT2D eigenvalue weighted by atomic mass is 15.3. The van der Waals surface area contributed by atoms with Gasteiger partial charge in [0.2, 0.25) is 0 Å². The van der Waals surface area contributed by atoms with Gasteiger partial charge in [0.1, 0.15) is 12.1 Å². The van der Waals surface area contributed by atoms with Gasteiger partial charge < -0.3 is 10.2 Å². The van der Waals surface area contributed by atoms with Crippen LogP contribution in [0.25, 0.3) is 0 Å². The molecule has 0 radical (unpaired) electrons. The fraction of sp³-hybridized carbons (Fsp3) is 0.579. The summed E-state index contributed by atoms with van der Waals surface area (Å²) in [6.45, 7) is 3.02. The van der Waals surface area contributed by atoms with Crippen molar-refractivity contribution in [1.82, 2.24) is 20.2 Å². The molecule has 5 rings (SSSR count). The molecule has 2 saturated carbocycles. The number of rotatable bonds is 6. The smallest absolute Gasteiger partial charge is 0.151 e. The van der Waals surface area contributed by atoms with Crippen molar-refractivity contribution in [1.29, 1.82) is 0 Å². The second-order valence-corrected chi connectivity index (χ2v) is 7.70. The Kier molecular flexibility index (Phi) is 3.76. The maximum Gasteiger partial charge on any atom is 0.151 e. The average molecular weight is 336 g/mol. The Morgan fingerprint density at radius 1 is 0.960 bits per heavy atom. The monoisotopic (exact) mass is 336 g/mol. The van der Waals surface area contributed by atoms with Gasteiger partial charge >= 0.3 is 0 Å². The molecule has 0 unspecified atom stereocenters. The topological polar surface area (TPSA) is 66.8 Å². The Balaban J connectivity index is 1.11. The molecule has 3 aliphatic rings. The first-order valence-electron chi connectivity index (χ1n) is 9.49. The number of nitrogens with one attached hydrogen (secondary N) is 1. The highest BCUT2D eigenvalue weighted by molar-refractivity contribution is 5.42. The molecule has 1 saturated heterocycles. The van der Waals surface area contributed by atoms with E-state index in [1.807, 2.05) is 0 Å². The van der Waals surface area contributed by atoms with Crippen LogP contribution in [-0.4, -0.2) is 39.8 Å². The summed E-state index contributed by atoms with van der Waals surface area (Å²) in [5.41, 5.74) is 2.36. The minimum atomic E-state index is 0.632. The minimum absolute atomic E-state index is 0.632. The van der Waals surface area contributed by atoms with Crippen LogP contribution in [0.4, 0.5) is 11.6 Å². The molecule has 3 heterocycles. The summed E-state index contributed by atoms with van der Waals surface area (Å²) in [6.07, 6.45) is 8.12. The Hall–Kier alpha value is -2.24. The summed E-state index contributed by atoms with van der Waals surface area (Å²) in [5.74, 6) is 3.93. The lowest BCUT2D eigenvalue weighted by Crippen LogP contribution is -2.50. The SMILES string of the molecule is c1nc(NCC2CN(c3ccc(C4CC4)nn3)C2)cc(C2CCC2)n1. The summed E-state index contributed by atoms with van der Waals surface area (Å²) in [6, 6.07) is 6.40. The molecule has 6 heteroatoms. The van der Waals surface area contributed by atoms with E-state index in [4.69, 9.17) is 0 Å². The largest absolute Gasteiger partial charge is 0.370 e. The van der Waals surface area contributed by atoms with Gasteiger partial charge in [-0.05, 0) is 37.8 Å². The van der Waals surface area contributed by atoms with Crippen LogP contribution >= 0.6 is 0 Å². The quantitative estimate of drug-likeness (QED) is 0.875. The predicted octanol–water partition coefficient (Wildman–Crippen LogP) is 2.96. The standard InChI is InChI=1S/C19H24N6/c1-2-14(3-1)17-8-18(22-12-21-17)20-9-13-10-25(11-13)19-7-6-16(23-24-19)15-4-5-15/h6-8,12-15H,1-5,9-11H2,(H,20,21,22). The van der Waals surface area contributed by atoms with Crippen molar-refractivity contribution in [3.63, 3.8) is 0 Å². The number of hydrogen-bond acceptors (Lipinski definition) is 6. The third kappa shape index (κ3) is 3.17. The van der Waals surface area contributed by atoms with Gasteiger partial charge in [-0.15, -0.1) is 5.10 Å². The third-order valence-electron chi connectivity index (χ3n) is 5.73. The highest BCUT2D eigenvalue weighted by Crippen LogP contribution is 2.39. The molecule has 2 aromatic rings. The first kappa shape index (κ1) is 15.0. The van der Waals surface area contributed by atoms with E-state index in [2.05, 4.69) is 48.6 Å². The van der Waals surface area contributed by atoms with Gasteiger partial charge in [-0.25, -0.2) is 9.97 Å². The van der Waals surface area contributed by atoms with Crippen LogP contribution in [0.5, 0.6) is 0 Å². The first-order chi connectivity index (χ1) is 12.3. The number of hydrogen-bond donors (Lipinski definition) is 1.